The smallest absolute Gasteiger partial charge is 0.305 e. The number of amides is 5. The first kappa shape index (κ1) is 39.2. The highest BCUT2D eigenvalue weighted by molar-refractivity contribution is 6.01. The lowest BCUT2D eigenvalue weighted by Gasteiger charge is -2.28. The van der Waals surface area contributed by atoms with E-state index in [0.29, 0.717) is 32.5 Å². The summed E-state index contributed by atoms with van der Waals surface area (Å²) in [6.07, 6.45) is 0.296. The number of aromatic hydroxyl groups is 1. The van der Waals surface area contributed by atoms with Crippen LogP contribution in [0.4, 0.5) is 0 Å². The van der Waals surface area contributed by atoms with Crippen LogP contribution in [0.25, 0.3) is 0 Å². The van der Waals surface area contributed by atoms with Crippen LogP contribution >= 0.6 is 0 Å². The summed E-state index contributed by atoms with van der Waals surface area (Å²) in [5.74, 6) is -5.84. The molecule has 4 atom stereocenters. The van der Waals surface area contributed by atoms with E-state index >= 15 is 0 Å². The molecule has 48 heavy (non-hydrogen) atoms. The van der Waals surface area contributed by atoms with Gasteiger partial charge in [0.1, 0.15) is 29.9 Å². The number of nitrogens with zero attached hydrogens (tertiary/aromatic N) is 1. The van der Waals surface area contributed by atoms with Crippen molar-refractivity contribution in [2.45, 2.75) is 70.1 Å². The van der Waals surface area contributed by atoms with Crippen LogP contribution in [0.3, 0.4) is 0 Å². The highest BCUT2D eigenvalue weighted by atomic mass is 16.4. The van der Waals surface area contributed by atoms with Gasteiger partial charge in [0.15, 0.2) is 0 Å². The minimum atomic E-state index is -1.71. The Morgan fingerprint density at radius 3 is 1.90 bits per heavy atom. The summed E-state index contributed by atoms with van der Waals surface area (Å²) in [4.78, 5) is 79.3. The van der Waals surface area contributed by atoms with E-state index in [1.54, 1.807) is 17.0 Å². The van der Waals surface area contributed by atoms with Crippen molar-refractivity contribution < 1.29 is 44.1 Å². The van der Waals surface area contributed by atoms with Gasteiger partial charge in [-0.05, 0) is 57.4 Å². The molecule has 0 spiro atoms. The van der Waals surface area contributed by atoms with Gasteiger partial charge in [0, 0.05) is 19.5 Å². The molecule has 0 unspecified atom stereocenters. The Bertz CT molecular complexity index is 1390. The fourth-order valence-corrected chi connectivity index (χ4v) is 4.86. The van der Waals surface area contributed by atoms with Crippen molar-refractivity contribution in [3.05, 3.63) is 65.7 Å². The lowest BCUT2D eigenvalue weighted by atomic mass is 10.0. The van der Waals surface area contributed by atoms with Gasteiger partial charge in [0.25, 0.3) is 5.91 Å². The number of likely N-dealkylation sites (N-methyl/N-ethyl adjacent to an activating group) is 1. The minimum Gasteiger partial charge on any atom is -0.507 e. The molecule has 0 heterocycles. The molecule has 0 aromatic heterocycles. The van der Waals surface area contributed by atoms with E-state index in [0.717, 1.165) is 5.56 Å². The van der Waals surface area contributed by atoms with Crippen molar-refractivity contribution in [3.63, 3.8) is 0 Å². The number of phenols is 1. The molecule has 2 rings (SSSR count). The van der Waals surface area contributed by atoms with E-state index in [2.05, 4.69) is 21.3 Å². The Balaban J connectivity index is 2.27. The summed E-state index contributed by atoms with van der Waals surface area (Å²) in [7, 11) is 0. The Morgan fingerprint density at radius 1 is 0.750 bits per heavy atom. The van der Waals surface area contributed by atoms with Crippen molar-refractivity contribution in [1.29, 1.82) is 0 Å². The number of carboxylic acids is 1. The van der Waals surface area contributed by atoms with Gasteiger partial charge in [-0.2, -0.15) is 0 Å². The third-order valence-corrected chi connectivity index (χ3v) is 7.52. The van der Waals surface area contributed by atoms with Crippen molar-refractivity contribution in [2.24, 2.45) is 5.73 Å². The Morgan fingerprint density at radius 2 is 1.31 bits per heavy atom. The van der Waals surface area contributed by atoms with E-state index in [1.807, 2.05) is 32.0 Å². The molecule has 0 aliphatic carbocycles. The van der Waals surface area contributed by atoms with Gasteiger partial charge >= 0.3 is 5.97 Å². The summed E-state index contributed by atoms with van der Waals surface area (Å²) in [6.45, 7) is 3.84. The summed E-state index contributed by atoms with van der Waals surface area (Å²) < 4.78 is 0. The van der Waals surface area contributed by atoms with E-state index in [4.69, 9.17) is 5.73 Å². The molecule has 0 fully saturated rings. The number of carbonyl (C=O) groups excluding carboxylic acids is 5. The van der Waals surface area contributed by atoms with Crippen LogP contribution in [0.15, 0.2) is 54.6 Å². The van der Waals surface area contributed by atoms with Gasteiger partial charge in [-0.15, -0.1) is 0 Å². The first-order valence-corrected chi connectivity index (χ1v) is 15.8. The van der Waals surface area contributed by atoms with Crippen molar-refractivity contribution in [1.82, 2.24) is 26.2 Å². The number of benzene rings is 2. The van der Waals surface area contributed by atoms with Gasteiger partial charge < -0.3 is 47.2 Å². The van der Waals surface area contributed by atoms with Gasteiger partial charge in [0.05, 0.1) is 18.6 Å². The predicted molar refractivity (Wildman–Crippen MR) is 175 cm³/mol. The molecule has 9 N–H and O–H groups in total. The topological polar surface area (TPSA) is 240 Å². The largest absolute Gasteiger partial charge is 0.507 e. The summed E-state index contributed by atoms with van der Waals surface area (Å²) in [6, 6.07) is 9.03. The molecule has 0 aliphatic rings. The van der Waals surface area contributed by atoms with Crippen molar-refractivity contribution in [3.8, 4) is 5.75 Å². The normalized spacial score (nSPS) is 13.2. The van der Waals surface area contributed by atoms with Crippen molar-refractivity contribution in [2.75, 3.05) is 26.2 Å². The number of phenolic OH excluding ortho intramolecular Hbond substituents is 1. The zero-order chi connectivity index (χ0) is 35.6. The number of aliphatic hydroxyl groups is 1. The van der Waals surface area contributed by atoms with Crippen LogP contribution in [0.2, 0.25) is 0 Å². The number of nitrogens with one attached hydrogen (secondary N) is 4. The molecule has 0 aliphatic heterocycles. The molecule has 15 nitrogen and oxygen atoms in total. The number of hydrogen-bond acceptors (Lipinski definition) is 9. The first-order chi connectivity index (χ1) is 22.9. The minimum absolute atomic E-state index is 0.0932. The number of aliphatic hydroxyl groups excluding tert-OH is 1. The molecule has 0 saturated heterocycles. The second kappa shape index (κ2) is 20.3. The van der Waals surface area contributed by atoms with Crippen LogP contribution in [-0.2, 0) is 30.4 Å². The van der Waals surface area contributed by atoms with Crippen LogP contribution in [0.5, 0.6) is 5.75 Å². The Labute approximate surface area is 279 Å². The molecule has 2 aromatic rings. The van der Waals surface area contributed by atoms with Gasteiger partial charge in [-0.3, -0.25) is 28.8 Å². The number of carboxylic acid groups (broad SMARTS) is 1. The molecule has 5 amide bonds. The lowest BCUT2D eigenvalue weighted by molar-refractivity contribution is -0.141. The second-order valence-corrected chi connectivity index (χ2v) is 11.0. The van der Waals surface area contributed by atoms with E-state index < -0.39 is 66.8 Å². The number of para-hydroxylation sites is 1. The molecule has 0 bridgehead atoms. The van der Waals surface area contributed by atoms with Gasteiger partial charge in [0.2, 0.25) is 23.6 Å². The fourth-order valence-electron chi connectivity index (χ4n) is 4.86. The Hall–Kier alpha value is -5.02. The highest BCUT2D eigenvalue weighted by Crippen LogP contribution is 2.15. The number of unbranched alkanes of at least 4 members (excludes halogenated alkanes) is 1. The van der Waals surface area contributed by atoms with Crippen molar-refractivity contribution >= 4 is 35.5 Å². The molecule has 0 saturated carbocycles. The quantitative estimate of drug-likeness (QED) is 0.0852. The van der Waals surface area contributed by atoms with Crippen LogP contribution < -0.4 is 27.0 Å². The second-order valence-electron chi connectivity index (χ2n) is 11.0. The number of rotatable bonds is 20. The third kappa shape index (κ3) is 12.3. The molecule has 0 radical (unpaired) electrons. The summed E-state index contributed by atoms with van der Waals surface area (Å²) in [5.41, 5.74) is 6.24. The monoisotopic (exact) mass is 670 g/mol. The maximum atomic E-state index is 13.6. The Kier molecular flexibility index (Phi) is 16.5. The molecule has 15 heteroatoms. The third-order valence-electron chi connectivity index (χ3n) is 7.52. The fraction of sp³-hybridized carbons (Fsp3) is 0.455. The van der Waals surface area contributed by atoms with Crippen LogP contribution in [0.1, 0.15) is 55.5 Å². The standard InChI is InChI=1S/C33H46N6O9/c1-3-39(4-2)33(48)25(18-21-12-6-5-7-13-21)37-30(45)23(15-10-11-17-34)35-31(46)24(19-28(42)43)36-32(47)26(20-40)38-29(44)22-14-8-9-16-27(22)41/h5-9,12-14,16,23-26,40-41H,3-4,10-11,15,17-20,34H2,1-2H3,(H,35,46)(H,36,47)(H,37,45)(H,38,44)(H,42,43)/t23-,24-,25-,26-/m0/s1. The molecule has 262 valence electrons. The summed E-state index contributed by atoms with van der Waals surface area (Å²) in [5, 5.41) is 38.9. The van der Waals surface area contributed by atoms with E-state index in [-0.39, 0.29) is 30.1 Å². The average Bonchev–Trinajstić information content (AvgIpc) is 3.06. The van der Waals surface area contributed by atoms with Gasteiger partial charge in [-0.1, -0.05) is 42.5 Å². The lowest BCUT2D eigenvalue weighted by Crippen LogP contribution is -2.59. The zero-order valence-electron chi connectivity index (χ0n) is 27.2. The number of nitrogens with two attached hydrogens (primary N) is 1. The average molecular weight is 671 g/mol. The zero-order valence-corrected chi connectivity index (χ0v) is 27.2. The molecular weight excluding hydrogens is 624 g/mol. The summed E-state index contributed by atoms with van der Waals surface area (Å²) >= 11 is 0. The molecular formula is C33H46N6O9. The molecule has 2 aromatic carbocycles. The van der Waals surface area contributed by atoms with E-state index in [1.165, 1.54) is 24.3 Å². The van der Waals surface area contributed by atoms with E-state index in [9.17, 15) is 44.1 Å². The number of hydrogen-bond donors (Lipinski definition) is 8. The number of aliphatic carboxylic acids is 1. The first-order valence-electron chi connectivity index (χ1n) is 15.8. The maximum absolute atomic E-state index is 13.6. The van der Waals surface area contributed by atoms with Crippen LogP contribution in [-0.4, -0.2) is 106 Å². The van der Waals surface area contributed by atoms with Crippen LogP contribution in [0, 0.1) is 0 Å². The highest BCUT2D eigenvalue weighted by Gasteiger charge is 2.33. The predicted octanol–water partition coefficient (Wildman–Crippen LogP) is -0.348. The van der Waals surface area contributed by atoms with Gasteiger partial charge in [-0.25, -0.2) is 0 Å². The SMILES string of the molecule is CCN(CC)C(=O)[C@H](Cc1ccccc1)NC(=O)[C@H](CCCCN)NC(=O)[C@H](CC(=O)O)NC(=O)[C@H](CO)NC(=O)c1ccccc1O. The number of carbonyl (C=O) groups is 6. The maximum Gasteiger partial charge on any atom is 0.305 e.